The molecule has 1 heterocycles. The SMILES string of the molecule is Cc1cccc(C)c1OCCCCn1c(C(C)O)nc2ccccc21. The second-order valence-electron chi connectivity index (χ2n) is 6.56. The second kappa shape index (κ2) is 7.70. The number of aryl methyl sites for hydroxylation is 3. The summed E-state index contributed by atoms with van der Waals surface area (Å²) in [5.74, 6) is 1.73. The molecule has 0 aliphatic heterocycles. The van der Waals surface area contributed by atoms with Crippen molar-refractivity contribution in [3.63, 3.8) is 0 Å². The number of rotatable bonds is 7. The van der Waals surface area contributed by atoms with E-state index in [4.69, 9.17) is 4.74 Å². The van der Waals surface area contributed by atoms with Gasteiger partial charge in [0.05, 0.1) is 17.6 Å². The molecule has 0 saturated heterocycles. The Hall–Kier alpha value is -2.33. The van der Waals surface area contributed by atoms with E-state index in [1.165, 1.54) is 11.1 Å². The van der Waals surface area contributed by atoms with Crippen LogP contribution in [0.2, 0.25) is 0 Å². The van der Waals surface area contributed by atoms with Crippen molar-refractivity contribution in [3.05, 3.63) is 59.4 Å². The van der Waals surface area contributed by atoms with E-state index in [0.29, 0.717) is 6.61 Å². The van der Waals surface area contributed by atoms with Crippen molar-refractivity contribution in [2.24, 2.45) is 0 Å². The first-order chi connectivity index (χ1) is 12.1. The van der Waals surface area contributed by atoms with Crippen LogP contribution in [0.1, 0.15) is 42.8 Å². The predicted molar refractivity (Wildman–Crippen MR) is 101 cm³/mol. The molecule has 0 saturated carbocycles. The summed E-state index contributed by atoms with van der Waals surface area (Å²) >= 11 is 0. The highest BCUT2D eigenvalue weighted by atomic mass is 16.5. The zero-order valence-corrected chi connectivity index (χ0v) is 15.2. The fraction of sp³-hybridized carbons (Fsp3) is 0.381. The topological polar surface area (TPSA) is 47.3 Å². The van der Waals surface area contributed by atoms with Crippen LogP contribution in [-0.4, -0.2) is 21.3 Å². The van der Waals surface area contributed by atoms with Crippen LogP contribution in [0.3, 0.4) is 0 Å². The van der Waals surface area contributed by atoms with Gasteiger partial charge in [-0.3, -0.25) is 0 Å². The molecule has 3 aromatic rings. The van der Waals surface area contributed by atoms with Gasteiger partial charge in [-0.15, -0.1) is 0 Å². The van der Waals surface area contributed by atoms with Crippen LogP contribution in [0.4, 0.5) is 0 Å². The Balaban J connectivity index is 1.61. The van der Waals surface area contributed by atoms with E-state index in [-0.39, 0.29) is 0 Å². The van der Waals surface area contributed by atoms with Gasteiger partial charge in [-0.25, -0.2) is 4.98 Å². The Morgan fingerprint density at radius 1 is 1.04 bits per heavy atom. The summed E-state index contributed by atoms with van der Waals surface area (Å²) in [6.45, 7) is 7.45. The van der Waals surface area contributed by atoms with Crippen molar-refractivity contribution in [1.82, 2.24) is 9.55 Å². The molecule has 3 rings (SSSR count). The van der Waals surface area contributed by atoms with E-state index >= 15 is 0 Å². The Bertz CT molecular complexity index is 832. The molecule has 0 radical (unpaired) electrons. The van der Waals surface area contributed by atoms with E-state index in [1.54, 1.807) is 6.92 Å². The normalized spacial score (nSPS) is 12.5. The fourth-order valence-electron chi connectivity index (χ4n) is 3.22. The number of imidazole rings is 1. The smallest absolute Gasteiger partial charge is 0.138 e. The number of aliphatic hydroxyl groups excluding tert-OH is 1. The maximum atomic E-state index is 10.0. The summed E-state index contributed by atoms with van der Waals surface area (Å²) in [4.78, 5) is 4.56. The minimum Gasteiger partial charge on any atom is -0.493 e. The summed E-state index contributed by atoms with van der Waals surface area (Å²) < 4.78 is 8.10. The molecular formula is C21H26N2O2. The molecule has 1 atom stereocenters. The lowest BCUT2D eigenvalue weighted by Crippen LogP contribution is -2.08. The van der Waals surface area contributed by atoms with Gasteiger partial charge in [0.15, 0.2) is 0 Å². The Morgan fingerprint density at radius 2 is 1.76 bits per heavy atom. The Kier molecular flexibility index (Phi) is 5.39. The third-order valence-electron chi connectivity index (χ3n) is 4.49. The quantitative estimate of drug-likeness (QED) is 0.642. The van der Waals surface area contributed by atoms with Crippen molar-refractivity contribution < 1.29 is 9.84 Å². The molecule has 0 aliphatic rings. The van der Waals surface area contributed by atoms with Crippen LogP contribution in [0, 0.1) is 13.8 Å². The summed E-state index contributed by atoms with van der Waals surface area (Å²) in [6.07, 6.45) is 1.36. The molecule has 4 nitrogen and oxygen atoms in total. The number of aromatic nitrogens is 2. The molecule has 0 amide bonds. The lowest BCUT2D eigenvalue weighted by atomic mass is 10.1. The van der Waals surface area contributed by atoms with Gasteiger partial charge >= 0.3 is 0 Å². The Labute approximate surface area is 149 Å². The third kappa shape index (κ3) is 3.85. The molecule has 25 heavy (non-hydrogen) atoms. The van der Waals surface area contributed by atoms with Gasteiger partial charge in [0.25, 0.3) is 0 Å². The molecule has 1 aromatic heterocycles. The number of ether oxygens (including phenoxy) is 1. The van der Waals surface area contributed by atoms with Crippen LogP contribution in [0.5, 0.6) is 5.75 Å². The van der Waals surface area contributed by atoms with Crippen LogP contribution < -0.4 is 4.74 Å². The molecule has 132 valence electrons. The minimum atomic E-state index is -0.571. The second-order valence-corrected chi connectivity index (χ2v) is 6.56. The molecule has 1 N–H and O–H groups in total. The maximum Gasteiger partial charge on any atom is 0.138 e. The molecular weight excluding hydrogens is 312 g/mol. The number of aliphatic hydroxyl groups is 1. The summed E-state index contributed by atoms with van der Waals surface area (Å²) in [7, 11) is 0. The van der Waals surface area contributed by atoms with Gasteiger partial charge in [-0.05, 0) is 56.9 Å². The molecule has 2 aromatic carbocycles. The standard InChI is InChI=1S/C21H26N2O2/c1-15-9-8-10-16(2)20(15)25-14-7-6-13-23-19-12-5-4-11-18(19)22-21(23)17(3)24/h4-5,8-12,17,24H,6-7,13-14H2,1-3H3. The van der Waals surface area contributed by atoms with Crippen LogP contribution >= 0.6 is 0 Å². The zero-order valence-electron chi connectivity index (χ0n) is 15.2. The van der Waals surface area contributed by atoms with Gasteiger partial charge in [-0.1, -0.05) is 30.3 Å². The first-order valence-corrected chi connectivity index (χ1v) is 8.90. The predicted octanol–water partition coefficient (Wildman–Crippen LogP) is 4.57. The zero-order chi connectivity index (χ0) is 17.8. The van der Waals surface area contributed by atoms with Gasteiger partial charge in [0.2, 0.25) is 0 Å². The highest BCUT2D eigenvalue weighted by molar-refractivity contribution is 5.75. The van der Waals surface area contributed by atoms with Gasteiger partial charge in [0.1, 0.15) is 17.7 Å². The largest absolute Gasteiger partial charge is 0.493 e. The monoisotopic (exact) mass is 338 g/mol. The summed E-state index contributed by atoms with van der Waals surface area (Å²) in [5.41, 5.74) is 4.37. The molecule has 0 fully saturated rings. The fourth-order valence-corrected chi connectivity index (χ4v) is 3.22. The number of hydrogen-bond acceptors (Lipinski definition) is 3. The van der Waals surface area contributed by atoms with Crippen molar-refractivity contribution in [3.8, 4) is 5.75 Å². The highest BCUT2D eigenvalue weighted by Gasteiger charge is 2.14. The van der Waals surface area contributed by atoms with Crippen LogP contribution in [-0.2, 0) is 6.54 Å². The van der Waals surface area contributed by atoms with E-state index in [9.17, 15) is 5.11 Å². The van der Waals surface area contributed by atoms with Crippen molar-refractivity contribution in [1.29, 1.82) is 0 Å². The lowest BCUT2D eigenvalue weighted by Gasteiger charge is -2.13. The van der Waals surface area contributed by atoms with E-state index in [0.717, 1.165) is 42.0 Å². The van der Waals surface area contributed by atoms with Gasteiger partial charge < -0.3 is 14.4 Å². The van der Waals surface area contributed by atoms with Gasteiger partial charge in [0, 0.05) is 6.54 Å². The molecule has 1 unspecified atom stereocenters. The Morgan fingerprint density at radius 3 is 2.48 bits per heavy atom. The van der Waals surface area contributed by atoms with E-state index < -0.39 is 6.10 Å². The average Bonchev–Trinajstić information content (AvgIpc) is 2.96. The number of para-hydroxylation sites is 3. The maximum absolute atomic E-state index is 10.0. The number of benzene rings is 2. The van der Waals surface area contributed by atoms with Crippen molar-refractivity contribution in [2.75, 3.05) is 6.61 Å². The van der Waals surface area contributed by atoms with Gasteiger partial charge in [-0.2, -0.15) is 0 Å². The van der Waals surface area contributed by atoms with Crippen molar-refractivity contribution in [2.45, 2.75) is 46.3 Å². The van der Waals surface area contributed by atoms with Crippen LogP contribution in [0.15, 0.2) is 42.5 Å². The number of nitrogens with zero attached hydrogens (tertiary/aromatic N) is 2. The average molecular weight is 338 g/mol. The molecule has 0 aliphatic carbocycles. The first kappa shape index (κ1) is 17.5. The third-order valence-corrected chi connectivity index (χ3v) is 4.49. The van der Waals surface area contributed by atoms with Crippen LogP contribution in [0.25, 0.3) is 11.0 Å². The highest BCUT2D eigenvalue weighted by Crippen LogP contribution is 2.23. The van der Waals surface area contributed by atoms with E-state index in [1.807, 2.05) is 18.2 Å². The molecule has 0 bridgehead atoms. The van der Waals surface area contributed by atoms with E-state index in [2.05, 4.69) is 47.7 Å². The summed E-state index contributed by atoms with van der Waals surface area (Å²) in [6, 6.07) is 14.2. The number of hydrogen-bond donors (Lipinski definition) is 1. The number of unbranched alkanes of at least 4 members (excludes halogenated alkanes) is 1. The molecule has 4 heteroatoms. The summed E-state index contributed by atoms with van der Waals surface area (Å²) in [5, 5.41) is 10.0. The lowest BCUT2D eigenvalue weighted by molar-refractivity contribution is 0.184. The number of fused-ring (bicyclic) bond motifs is 1. The first-order valence-electron chi connectivity index (χ1n) is 8.90. The van der Waals surface area contributed by atoms with Crippen molar-refractivity contribution >= 4 is 11.0 Å². The molecule has 0 spiro atoms. The minimum absolute atomic E-state index is 0.571.